The molecule has 3 aromatic rings. The molecular formula is C14H9FN2O2S. The summed E-state index contributed by atoms with van der Waals surface area (Å²) in [6.07, 6.45) is 1.77. The number of H-pyrrole nitrogens is 1. The zero-order valence-electron chi connectivity index (χ0n) is 10.2. The Morgan fingerprint density at radius 2 is 2.05 bits per heavy atom. The van der Waals surface area contributed by atoms with E-state index in [1.807, 2.05) is 0 Å². The van der Waals surface area contributed by atoms with E-state index in [4.69, 9.17) is 0 Å². The maximum absolute atomic E-state index is 13.3. The van der Waals surface area contributed by atoms with Crippen LogP contribution in [0.15, 0.2) is 58.5 Å². The molecule has 0 bridgehead atoms. The fourth-order valence-electron chi connectivity index (χ4n) is 1.94. The molecule has 6 heteroatoms. The Bertz CT molecular complexity index is 801. The number of halogens is 1. The molecule has 0 radical (unpaired) electrons. The molecule has 0 spiro atoms. The number of benzene rings is 2. The summed E-state index contributed by atoms with van der Waals surface area (Å²) in [4.78, 5) is 14.9. The fraction of sp³-hybridized carbons (Fsp3) is 0. The van der Waals surface area contributed by atoms with Gasteiger partial charge in [-0.2, -0.15) is 0 Å². The highest BCUT2D eigenvalue weighted by Crippen LogP contribution is 2.35. The van der Waals surface area contributed by atoms with E-state index in [-0.39, 0.29) is 11.5 Å². The molecule has 0 amide bonds. The third-order valence-corrected chi connectivity index (χ3v) is 3.91. The maximum Gasteiger partial charge on any atom is 0.270 e. The van der Waals surface area contributed by atoms with Crippen LogP contribution in [0.25, 0.3) is 10.9 Å². The largest absolute Gasteiger partial charge is 0.360 e. The molecule has 1 N–H and O–H groups in total. The van der Waals surface area contributed by atoms with Crippen LogP contribution in [0.4, 0.5) is 10.1 Å². The molecule has 0 aliphatic carbocycles. The van der Waals surface area contributed by atoms with Crippen molar-refractivity contribution >= 4 is 28.4 Å². The van der Waals surface area contributed by atoms with E-state index in [2.05, 4.69) is 4.98 Å². The van der Waals surface area contributed by atoms with Crippen LogP contribution in [0.1, 0.15) is 0 Å². The summed E-state index contributed by atoms with van der Waals surface area (Å²) in [5.41, 5.74) is 0.875. The number of fused-ring (bicyclic) bond motifs is 1. The number of nitrogens with zero attached hydrogens (tertiary/aromatic N) is 1. The van der Waals surface area contributed by atoms with Gasteiger partial charge in [0.15, 0.2) is 0 Å². The third-order valence-electron chi connectivity index (χ3n) is 2.86. The fourth-order valence-corrected chi connectivity index (χ4v) is 2.92. The molecule has 1 aromatic heterocycles. The van der Waals surface area contributed by atoms with Gasteiger partial charge >= 0.3 is 0 Å². The molecule has 1 heterocycles. The van der Waals surface area contributed by atoms with Crippen LogP contribution < -0.4 is 0 Å². The lowest BCUT2D eigenvalue weighted by atomic mass is 10.2. The van der Waals surface area contributed by atoms with Crippen LogP contribution in [-0.4, -0.2) is 9.91 Å². The van der Waals surface area contributed by atoms with Crippen LogP contribution in [0, 0.1) is 15.9 Å². The van der Waals surface area contributed by atoms with Crippen molar-refractivity contribution in [2.45, 2.75) is 9.79 Å². The van der Waals surface area contributed by atoms with Crippen molar-refractivity contribution in [3.63, 3.8) is 0 Å². The monoisotopic (exact) mass is 288 g/mol. The molecule has 0 aliphatic rings. The summed E-state index contributed by atoms with van der Waals surface area (Å²) in [5, 5.41) is 11.5. The first kappa shape index (κ1) is 12.7. The highest BCUT2D eigenvalue weighted by atomic mass is 32.2. The van der Waals surface area contributed by atoms with Crippen molar-refractivity contribution in [2.75, 3.05) is 0 Å². The molecule has 2 aromatic carbocycles. The quantitative estimate of drug-likeness (QED) is 0.575. The van der Waals surface area contributed by atoms with Crippen molar-refractivity contribution in [3.8, 4) is 0 Å². The molecule has 3 rings (SSSR count). The Morgan fingerprint density at radius 3 is 2.85 bits per heavy atom. The van der Waals surface area contributed by atoms with Crippen molar-refractivity contribution in [2.24, 2.45) is 0 Å². The molecule has 4 nitrogen and oxygen atoms in total. The van der Waals surface area contributed by atoms with Gasteiger partial charge in [-0.15, -0.1) is 0 Å². The number of non-ortho nitro benzene ring substituents is 1. The maximum atomic E-state index is 13.3. The summed E-state index contributed by atoms with van der Waals surface area (Å²) in [7, 11) is 0. The number of nitrogens with one attached hydrogen (secondary N) is 1. The third kappa shape index (κ3) is 2.37. The number of nitro groups is 1. The number of aromatic nitrogens is 1. The Hall–Kier alpha value is -2.34. The molecule has 0 saturated carbocycles. The standard InChI is InChI=1S/C14H9FN2O2S/c15-9-4-5-13-12(6-9)14(8-16-13)20-11-3-1-2-10(7-11)17(18)19/h1-8,16H. The Labute approximate surface area is 117 Å². The van der Waals surface area contributed by atoms with E-state index in [1.54, 1.807) is 24.4 Å². The number of hydrogen-bond donors (Lipinski definition) is 1. The minimum Gasteiger partial charge on any atom is -0.360 e. The minimum absolute atomic E-state index is 0.0426. The Morgan fingerprint density at radius 1 is 1.20 bits per heavy atom. The van der Waals surface area contributed by atoms with Gasteiger partial charge in [0, 0.05) is 39.0 Å². The number of rotatable bonds is 3. The van der Waals surface area contributed by atoms with E-state index in [9.17, 15) is 14.5 Å². The van der Waals surface area contributed by atoms with Gasteiger partial charge in [0.05, 0.1) is 4.92 Å². The van der Waals surface area contributed by atoms with Gasteiger partial charge in [0.25, 0.3) is 5.69 Å². The second-order valence-corrected chi connectivity index (χ2v) is 5.31. The first-order valence-electron chi connectivity index (χ1n) is 5.82. The second kappa shape index (κ2) is 4.97. The predicted octanol–water partition coefficient (Wildman–Crippen LogP) is 4.37. The number of aromatic amines is 1. The zero-order chi connectivity index (χ0) is 14.1. The summed E-state index contributed by atoms with van der Waals surface area (Å²) >= 11 is 1.36. The Balaban J connectivity index is 1.99. The lowest BCUT2D eigenvalue weighted by Gasteiger charge is -2.00. The summed E-state index contributed by atoms with van der Waals surface area (Å²) < 4.78 is 13.3. The zero-order valence-corrected chi connectivity index (χ0v) is 11.0. The van der Waals surface area contributed by atoms with E-state index >= 15 is 0 Å². The summed E-state index contributed by atoms with van der Waals surface area (Å²) in [5.74, 6) is -0.307. The molecule has 100 valence electrons. The number of nitro benzene ring substituents is 1. The smallest absolute Gasteiger partial charge is 0.270 e. The molecule has 20 heavy (non-hydrogen) atoms. The van der Waals surface area contributed by atoms with Gasteiger partial charge in [0.2, 0.25) is 0 Å². The van der Waals surface area contributed by atoms with Crippen molar-refractivity contribution in [1.82, 2.24) is 4.98 Å². The van der Waals surface area contributed by atoms with E-state index in [1.165, 1.54) is 36.0 Å². The molecule has 0 fully saturated rings. The molecule has 0 atom stereocenters. The average Bonchev–Trinajstić information content (AvgIpc) is 2.82. The van der Waals surface area contributed by atoms with Crippen LogP contribution in [0.2, 0.25) is 0 Å². The normalized spacial score (nSPS) is 10.8. The lowest BCUT2D eigenvalue weighted by molar-refractivity contribution is -0.385. The van der Waals surface area contributed by atoms with Crippen LogP contribution in [-0.2, 0) is 0 Å². The number of hydrogen-bond acceptors (Lipinski definition) is 3. The van der Waals surface area contributed by atoms with Gasteiger partial charge in [-0.3, -0.25) is 10.1 Å². The first-order chi connectivity index (χ1) is 9.63. The lowest BCUT2D eigenvalue weighted by Crippen LogP contribution is -1.87. The van der Waals surface area contributed by atoms with Crippen molar-refractivity contribution in [3.05, 3.63) is 64.6 Å². The Kier molecular flexibility index (Phi) is 3.15. The van der Waals surface area contributed by atoms with Crippen molar-refractivity contribution < 1.29 is 9.31 Å². The van der Waals surface area contributed by atoms with Crippen LogP contribution in [0.3, 0.4) is 0 Å². The molecule has 0 aliphatic heterocycles. The summed E-state index contributed by atoms with van der Waals surface area (Å²) in [6.45, 7) is 0. The van der Waals surface area contributed by atoms with Gasteiger partial charge < -0.3 is 4.98 Å². The van der Waals surface area contributed by atoms with Crippen LogP contribution >= 0.6 is 11.8 Å². The SMILES string of the molecule is O=[N+]([O-])c1cccc(Sc2c[nH]c3ccc(F)cc23)c1. The van der Waals surface area contributed by atoms with Gasteiger partial charge in [-0.1, -0.05) is 17.8 Å². The van der Waals surface area contributed by atoms with E-state index < -0.39 is 4.92 Å². The average molecular weight is 288 g/mol. The second-order valence-electron chi connectivity index (χ2n) is 4.20. The minimum atomic E-state index is -0.432. The van der Waals surface area contributed by atoms with Gasteiger partial charge in [-0.25, -0.2) is 4.39 Å². The highest BCUT2D eigenvalue weighted by molar-refractivity contribution is 7.99. The topological polar surface area (TPSA) is 58.9 Å². The summed E-state index contributed by atoms with van der Waals surface area (Å²) in [6, 6.07) is 10.9. The molecule has 0 unspecified atom stereocenters. The van der Waals surface area contributed by atoms with Gasteiger partial charge in [-0.05, 0) is 24.3 Å². The first-order valence-corrected chi connectivity index (χ1v) is 6.64. The predicted molar refractivity (Wildman–Crippen MR) is 75.5 cm³/mol. The molecular weight excluding hydrogens is 279 g/mol. The van der Waals surface area contributed by atoms with E-state index in [0.29, 0.717) is 0 Å². The van der Waals surface area contributed by atoms with E-state index in [0.717, 1.165) is 20.7 Å². The van der Waals surface area contributed by atoms with Gasteiger partial charge in [0.1, 0.15) is 5.82 Å². The van der Waals surface area contributed by atoms with Crippen LogP contribution in [0.5, 0.6) is 0 Å². The molecule has 0 saturated heterocycles. The highest BCUT2D eigenvalue weighted by Gasteiger charge is 2.10. The van der Waals surface area contributed by atoms with Crippen molar-refractivity contribution in [1.29, 1.82) is 0 Å².